The highest BCUT2D eigenvalue weighted by atomic mass is 35.5. The van der Waals surface area contributed by atoms with Gasteiger partial charge >= 0.3 is 0 Å². The molecule has 1 amide bonds. The van der Waals surface area contributed by atoms with Crippen LogP contribution >= 0.6 is 11.6 Å². The van der Waals surface area contributed by atoms with Crippen LogP contribution in [0.3, 0.4) is 0 Å². The molecule has 4 aromatic rings. The van der Waals surface area contributed by atoms with Gasteiger partial charge < -0.3 is 14.1 Å². The van der Waals surface area contributed by atoms with Crippen LogP contribution in [0.1, 0.15) is 59.5 Å². The number of carbonyl (C=O) groups is 1. The number of para-hydroxylation sites is 1. The molecule has 5 nitrogen and oxygen atoms in total. The predicted molar refractivity (Wildman–Crippen MR) is 137 cm³/mol. The Balaban J connectivity index is 1.57. The van der Waals surface area contributed by atoms with E-state index < -0.39 is 6.04 Å². The summed E-state index contributed by atoms with van der Waals surface area (Å²) in [5, 5.41) is 1.02. The summed E-state index contributed by atoms with van der Waals surface area (Å²) in [6, 6.07) is 21.4. The molecule has 5 rings (SSSR count). The quantitative estimate of drug-likeness (QED) is 0.257. The zero-order valence-corrected chi connectivity index (χ0v) is 20.3. The van der Waals surface area contributed by atoms with E-state index in [1.165, 1.54) is 0 Å². The van der Waals surface area contributed by atoms with Crippen molar-refractivity contribution >= 4 is 28.5 Å². The number of fused-ring (bicyclic) bond motifs is 2. The van der Waals surface area contributed by atoms with Gasteiger partial charge in [0.2, 0.25) is 5.76 Å². The van der Waals surface area contributed by atoms with Crippen molar-refractivity contribution in [3.05, 3.63) is 110 Å². The van der Waals surface area contributed by atoms with Crippen molar-refractivity contribution in [2.24, 2.45) is 0 Å². The molecule has 0 N–H and O–H groups in total. The maximum absolute atomic E-state index is 13.6. The first-order chi connectivity index (χ1) is 17.1. The second kappa shape index (κ2) is 9.96. The molecule has 0 saturated carbocycles. The molecule has 0 fully saturated rings. The van der Waals surface area contributed by atoms with Crippen LogP contribution in [0.25, 0.3) is 11.0 Å². The fourth-order valence-corrected chi connectivity index (χ4v) is 4.77. The topological polar surface area (TPSA) is 59.8 Å². The molecule has 0 spiro atoms. The molecule has 35 heavy (non-hydrogen) atoms. The highest BCUT2D eigenvalue weighted by Gasteiger charge is 2.42. The van der Waals surface area contributed by atoms with Gasteiger partial charge in [0.1, 0.15) is 11.3 Å². The second-order valence-electron chi connectivity index (χ2n) is 8.72. The summed E-state index contributed by atoms with van der Waals surface area (Å²) in [7, 11) is 0. The monoisotopic (exact) mass is 487 g/mol. The SMILES string of the molecule is CCCCCOc1ccc(C2c3c(oc4ccccc4c3=O)C(=O)N2Cc2ccccc2Cl)cc1. The van der Waals surface area contributed by atoms with E-state index in [-0.39, 0.29) is 23.6 Å². The summed E-state index contributed by atoms with van der Waals surface area (Å²) < 4.78 is 11.9. The lowest BCUT2D eigenvalue weighted by molar-refractivity contribution is 0.0714. The van der Waals surface area contributed by atoms with Crippen molar-refractivity contribution in [2.45, 2.75) is 38.8 Å². The summed E-state index contributed by atoms with van der Waals surface area (Å²) in [5.74, 6) is 0.524. The number of carbonyl (C=O) groups excluding carboxylic acids is 1. The first-order valence-corrected chi connectivity index (χ1v) is 12.3. The molecule has 1 aliphatic heterocycles. The average molecular weight is 488 g/mol. The van der Waals surface area contributed by atoms with Crippen LogP contribution in [-0.2, 0) is 6.54 Å². The number of rotatable bonds is 8. The van der Waals surface area contributed by atoms with Gasteiger partial charge in [-0.25, -0.2) is 0 Å². The van der Waals surface area contributed by atoms with Gasteiger partial charge in [-0.15, -0.1) is 0 Å². The van der Waals surface area contributed by atoms with Crippen LogP contribution in [0.15, 0.2) is 82.0 Å². The molecule has 2 heterocycles. The Kier molecular flexibility index (Phi) is 6.60. The van der Waals surface area contributed by atoms with E-state index in [1.54, 1.807) is 35.2 Å². The van der Waals surface area contributed by atoms with Gasteiger partial charge in [0.25, 0.3) is 5.91 Å². The summed E-state index contributed by atoms with van der Waals surface area (Å²) in [6.07, 6.45) is 3.26. The highest BCUT2D eigenvalue weighted by Crippen LogP contribution is 2.40. The maximum atomic E-state index is 13.6. The molecule has 0 aliphatic carbocycles. The number of nitrogens with zero attached hydrogens (tertiary/aromatic N) is 1. The minimum absolute atomic E-state index is 0.0886. The third kappa shape index (κ3) is 4.44. The Labute approximate surface area is 208 Å². The third-order valence-corrected chi connectivity index (χ3v) is 6.75. The molecule has 0 radical (unpaired) electrons. The number of unbranched alkanes of at least 4 members (excludes halogenated alkanes) is 2. The molecule has 1 aliphatic rings. The Morgan fingerprint density at radius 1 is 0.943 bits per heavy atom. The molecular weight excluding hydrogens is 462 g/mol. The third-order valence-electron chi connectivity index (χ3n) is 6.38. The van der Waals surface area contributed by atoms with E-state index in [2.05, 4.69) is 6.92 Å². The zero-order chi connectivity index (χ0) is 24.4. The van der Waals surface area contributed by atoms with Crippen molar-refractivity contribution < 1.29 is 13.9 Å². The van der Waals surface area contributed by atoms with Crippen molar-refractivity contribution in [1.29, 1.82) is 0 Å². The van der Waals surface area contributed by atoms with Gasteiger partial charge in [-0.3, -0.25) is 9.59 Å². The van der Waals surface area contributed by atoms with Gasteiger partial charge in [-0.2, -0.15) is 0 Å². The van der Waals surface area contributed by atoms with E-state index in [9.17, 15) is 9.59 Å². The maximum Gasteiger partial charge on any atom is 0.291 e. The molecule has 1 unspecified atom stereocenters. The van der Waals surface area contributed by atoms with Gasteiger partial charge in [-0.1, -0.05) is 73.8 Å². The van der Waals surface area contributed by atoms with E-state index in [1.807, 2.05) is 42.5 Å². The van der Waals surface area contributed by atoms with Gasteiger partial charge in [0, 0.05) is 11.6 Å². The number of hydrogen-bond acceptors (Lipinski definition) is 4. The highest BCUT2D eigenvalue weighted by molar-refractivity contribution is 6.31. The lowest BCUT2D eigenvalue weighted by Gasteiger charge is -2.25. The minimum atomic E-state index is -0.594. The average Bonchev–Trinajstić information content (AvgIpc) is 3.15. The standard InChI is InChI=1S/C29H26ClNO4/c1-2-3-8-17-34-21-15-13-19(14-16-21)26-25-27(32)22-10-5-7-12-24(22)35-28(25)29(33)31(26)18-20-9-4-6-11-23(20)30/h4-7,9-16,26H,2-3,8,17-18H2,1H3. The largest absolute Gasteiger partial charge is 0.494 e. The van der Waals surface area contributed by atoms with Crippen molar-refractivity contribution in [3.63, 3.8) is 0 Å². The molecule has 0 saturated heterocycles. The fraction of sp³-hybridized carbons (Fsp3) is 0.241. The van der Waals surface area contributed by atoms with E-state index in [0.717, 1.165) is 36.1 Å². The van der Waals surface area contributed by atoms with Crippen LogP contribution in [0, 0.1) is 0 Å². The molecule has 1 aromatic heterocycles. The van der Waals surface area contributed by atoms with Crippen LogP contribution in [0.2, 0.25) is 5.02 Å². The van der Waals surface area contributed by atoms with Crippen LogP contribution in [0.5, 0.6) is 5.75 Å². The number of amides is 1. The lowest BCUT2D eigenvalue weighted by Crippen LogP contribution is -2.29. The van der Waals surface area contributed by atoms with Gasteiger partial charge in [0.15, 0.2) is 5.43 Å². The summed E-state index contributed by atoms with van der Waals surface area (Å²) in [4.78, 5) is 28.8. The summed E-state index contributed by atoms with van der Waals surface area (Å²) >= 11 is 6.42. The normalized spacial score (nSPS) is 15.0. The summed E-state index contributed by atoms with van der Waals surface area (Å²) in [6.45, 7) is 3.06. The van der Waals surface area contributed by atoms with Crippen molar-refractivity contribution in [1.82, 2.24) is 4.90 Å². The minimum Gasteiger partial charge on any atom is -0.494 e. The predicted octanol–water partition coefficient (Wildman–Crippen LogP) is 6.76. The Hall–Kier alpha value is -3.57. The fourth-order valence-electron chi connectivity index (χ4n) is 4.58. The second-order valence-corrected chi connectivity index (χ2v) is 9.13. The molecule has 1 atom stereocenters. The number of ether oxygens (including phenoxy) is 1. The van der Waals surface area contributed by atoms with Crippen molar-refractivity contribution in [2.75, 3.05) is 6.61 Å². The number of halogens is 1. The Morgan fingerprint density at radius 2 is 1.69 bits per heavy atom. The smallest absolute Gasteiger partial charge is 0.291 e. The van der Waals surface area contributed by atoms with Gasteiger partial charge in [0.05, 0.1) is 23.6 Å². The molecule has 3 aromatic carbocycles. The number of hydrogen-bond donors (Lipinski definition) is 0. The van der Waals surface area contributed by atoms with E-state index >= 15 is 0 Å². The molecule has 0 bridgehead atoms. The van der Waals surface area contributed by atoms with E-state index in [0.29, 0.717) is 28.2 Å². The Morgan fingerprint density at radius 3 is 2.46 bits per heavy atom. The van der Waals surface area contributed by atoms with Crippen LogP contribution in [-0.4, -0.2) is 17.4 Å². The van der Waals surface area contributed by atoms with Crippen LogP contribution < -0.4 is 10.2 Å². The Bertz CT molecular complexity index is 1430. The first kappa shape index (κ1) is 23.2. The number of benzene rings is 3. The van der Waals surface area contributed by atoms with E-state index in [4.69, 9.17) is 20.8 Å². The van der Waals surface area contributed by atoms with Crippen LogP contribution in [0.4, 0.5) is 0 Å². The zero-order valence-electron chi connectivity index (χ0n) is 19.5. The summed E-state index contributed by atoms with van der Waals surface area (Å²) in [5.41, 5.74) is 2.18. The van der Waals surface area contributed by atoms with Crippen molar-refractivity contribution in [3.8, 4) is 5.75 Å². The molecule has 6 heteroatoms. The molecule has 178 valence electrons. The van der Waals surface area contributed by atoms with Gasteiger partial charge in [-0.05, 0) is 47.9 Å². The molecular formula is C29H26ClNO4. The lowest BCUT2D eigenvalue weighted by atomic mass is 9.98. The first-order valence-electron chi connectivity index (χ1n) is 11.9.